The van der Waals surface area contributed by atoms with Gasteiger partial charge in [0.15, 0.2) is 0 Å². The Bertz CT molecular complexity index is 494. The summed E-state index contributed by atoms with van der Waals surface area (Å²) < 4.78 is 1.58. The summed E-state index contributed by atoms with van der Waals surface area (Å²) in [4.78, 5) is 7.36. The molecule has 86 valence electrons. The van der Waals surface area contributed by atoms with Gasteiger partial charge in [-0.2, -0.15) is 0 Å². The van der Waals surface area contributed by atoms with Crippen LogP contribution in [0.25, 0.3) is 10.9 Å². The number of rotatable bonds is 3. The Labute approximate surface area is 101 Å². The molecule has 2 aromatic rings. The molecule has 1 aromatic heterocycles. The van der Waals surface area contributed by atoms with E-state index in [2.05, 4.69) is 50.1 Å². The van der Waals surface area contributed by atoms with E-state index in [0.717, 1.165) is 11.9 Å². The van der Waals surface area contributed by atoms with E-state index in [1.165, 1.54) is 17.5 Å². The molecule has 0 spiro atoms. The standard InChI is InChI=1S/C10H11N2.3CH3.Sn/c1-2-5-9-8-6-3-4-7-10(8)12-11-9;;;;/h4,6-7H,2,5H2,1H3,(H,11,12);3*1H3;. The summed E-state index contributed by atoms with van der Waals surface area (Å²) in [6.45, 7) is 2.21. The van der Waals surface area contributed by atoms with Crippen molar-refractivity contribution in [1.82, 2.24) is 10.2 Å². The SMILES string of the molecule is CCCc1[nH]nc2cc[c]([Sn]([CH3])([CH3])[CH3])cc12. The number of hydrogen-bond acceptors (Lipinski definition) is 1. The van der Waals surface area contributed by atoms with Crippen molar-refractivity contribution in [3.05, 3.63) is 23.9 Å². The van der Waals surface area contributed by atoms with Crippen molar-refractivity contribution >= 4 is 32.9 Å². The summed E-state index contributed by atoms with van der Waals surface area (Å²) >= 11 is -1.94. The summed E-state index contributed by atoms with van der Waals surface area (Å²) in [6, 6.07) is 6.82. The zero-order valence-electron chi connectivity index (χ0n) is 10.6. The van der Waals surface area contributed by atoms with E-state index in [-0.39, 0.29) is 0 Å². The molecule has 0 aliphatic carbocycles. The maximum absolute atomic E-state index is 4.36. The number of benzene rings is 1. The Hall–Kier alpha value is -0.511. The van der Waals surface area contributed by atoms with E-state index < -0.39 is 18.4 Å². The third-order valence-electron chi connectivity index (χ3n) is 3.00. The van der Waals surface area contributed by atoms with Crippen LogP contribution in [0, 0.1) is 0 Å². The van der Waals surface area contributed by atoms with Gasteiger partial charge in [0, 0.05) is 0 Å². The van der Waals surface area contributed by atoms with Crippen molar-refractivity contribution in [3.63, 3.8) is 0 Å². The van der Waals surface area contributed by atoms with Crippen LogP contribution in [0.2, 0.25) is 14.8 Å². The van der Waals surface area contributed by atoms with Crippen molar-refractivity contribution in [2.45, 2.75) is 34.6 Å². The molecule has 0 saturated heterocycles. The molecule has 2 rings (SSSR count). The van der Waals surface area contributed by atoms with Gasteiger partial charge in [0.25, 0.3) is 0 Å². The summed E-state index contributed by atoms with van der Waals surface area (Å²) in [7, 11) is 0. The number of aromatic nitrogens is 2. The summed E-state index contributed by atoms with van der Waals surface area (Å²) in [5.41, 5.74) is 2.41. The average Bonchev–Trinajstić information content (AvgIpc) is 2.60. The van der Waals surface area contributed by atoms with Crippen LogP contribution in [0.15, 0.2) is 18.2 Å². The molecular formula is C13H20N2Sn. The number of aromatic amines is 1. The first kappa shape index (κ1) is 12.0. The van der Waals surface area contributed by atoms with Crippen LogP contribution >= 0.6 is 0 Å². The summed E-state index contributed by atoms with van der Waals surface area (Å²) in [5.74, 6) is 0. The van der Waals surface area contributed by atoms with Gasteiger partial charge in [-0.3, -0.25) is 0 Å². The van der Waals surface area contributed by atoms with Crippen LogP contribution in [-0.4, -0.2) is 28.6 Å². The van der Waals surface area contributed by atoms with E-state index in [0.29, 0.717) is 0 Å². The van der Waals surface area contributed by atoms with Crippen molar-refractivity contribution in [1.29, 1.82) is 0 Å². The predicted molar refractivity (Wildman–Crippen MR) is 73.1 cm³/mol. The predicted octanol–water partition coefficient (Wildman–Crippen LogP) is 3.06. The first-order chi connectivity index (χ1) is 7.52. The van der Waals surface area contributed by atoms with Crippen LogP contribution in [0.5, 0.6) is 0 Å². The topological polar surface area (TPSA) is 28.7 Å². The molecule has 1 aromatic carbocycles. The molecule has 0 aliphatic heterocycles. The number of nitrogens with one attached hydrogen (secondary N) is 1. The molecule has 0 radical (unpaired) electrons. The Kier molecular flexibility index (Phi) is 3.29. The molecule has 0 bridgehead atoms. The van der Waals surface area contributed by atoms with Gasteiger partial charge < -0.3 is 0 Å². The second-order valence-corrected chi connectivity index (χ2v) is 19.9. The number of H-pyrrole nitrogens is 1. The molecule has 1 N–H and O–H groups in total. The minimum absolute atomic E-state index is 1.10. The zero-order chi connectivity index (χ0) is 11.8. The van der Waals surface area contributed by atoms with Gasteiger partial charge in [-0.15, -0.1) is 0 Å². The van der Waals surface area contributed by atoms with Crippen molar-refractivity contribution in [2.24, 2.45) is 0 Å². The van der Waals surface area contributed by atoms with E-state index in [1.807, 2.05) is 0 Å². The van der Waals surface area contributed by atoms with E-state index in [1.54, 1.807) is 3.58 Å². The monoisotopic (exact) mass is 324 g/mol. The minimum atomic E-state index is -1.94. The third kappa shape index (κ3) is 2.26. The molecule has 1 heterocycles. The van der Waals surface area contributed by atoms with Crippen LogP contribution in [-0.2, 0) is 6.42 Å². The molecule has 16 heavy (non-hydrogen) atoms. The van der Waals surface area contributed by atoms with Crippen molar-refractivity contribution in [3.8, 4) is 0 Å². The summed E-state index contributed by atoms with van der Waals surface area (Å²) in [6.07, 6.45) is 2.26. The first-order valence-corrected chi connectivity index (χ1v) is 16.0. The molecule has 2 nitrogen and oxygen atoms in total. The molecule has 0 fully saturated rings. The maximum atomic E-state index is 4.36. The third-order valence-corrected chi connectivity index (χ3v) is 8.83. The molecule has 0 amide bonds. The van der Waals surface area contributed by atoms with Crippen LogP contribution in [0.1, 0.15) is 19.0 Å². The fourth-order valence-electron chi connectivity index (χ4n) is 1.97. The number of hydrogen-bond donors (Lipinski definition) is 1. The Morgan fingerprint density at radius 3 is 2.62 bits per heavy atom. The van der Waals surface area contributed by atoms with E-state index >= 15 is 0 Å². The van der Waals surface area contributed by atoms with E-state index in [4.69, 9.17) is 0 Å². The number of nitrogens with zero attached hydrogens (tertiary/aromatic N) is 1. The molecule has 0 saturated carbocycles. The molecule has 0 aliphatic rings. The van der Waals surface area contributed by atoms with Crippen LogP contribution in [0.4, 0.5) is 0 Å². The Morgan fingerprint density at radius 1 is 1.25 bits per heavy atom. The molecule has 3 heteroatoms. The van der Waals surface area contributed by atoms with E-state index in [9.17, 15) is 0 Å². The second-order valence-electron chi connectivity index (χ2n) is 5.43. The van der Waals surface area contributed by atoms with Gasteiger partial charge in [0.2, 0.25) is 0 Å². The number of fused-ring (bicyclic) bond motifs is 1. The first-order valence-electron chi connectivity index (χ1n) is 6.00. The molecular weight excluding hydrogens is 303 g/mol. The Balaban J connectivity index is 2.54. The summed E-state index contributed by atoms with van der Waals surface area (Å²) in [5, 5.41) is 8.86. The molecule has 0 unspecified atom stereocenters. The van der Waals surface area contributed by atoms with Crippen molar-refractivity contribution < 1.29 is 0 Å². The van der Waals surface area contributed by atoms with Crippen LogP contribution < -0.4 is 3.58 Å². The Morgan fingerprint density at radius 2 is 2.00 bits per heavy atom. The number of aryl methyl sites for hydroxylation is 1. The normalized spacial score (nSPS) is 12.2. The van der Waals surface area contributed by atoms with Gasteiger partial charge in [0.05, 0.1) is 0 Å². The quantitative estimate of drug-likeness (QED) is 0.864. The van der Waals surface area contributed by atoms with Gasteiger partial charge in [-0.1, -0.05) is 0 Å². The second kappa shape index (κ2) is 4.40. The zero-order valence-corrected chi connectivity index (χ0v) is 13.4. The van der Waals surface area contributed by atoms with Gasteiger partial charge in [0.1, 0.15) is 0 Å². The average molecular weight is 323 g/mol. The molecule has 0 atom stereocenters. The fraction of sp³-hybridized carbons (Fsp3) is 0.462. The van der Waals surface area contributed by atoms with Gasteiger partial charge in [-0.25, -0.2) is 0 Å². The van der Waals surface area contributed by atoms with Gasteiger partial charge in [-0.05, 0) is 0 Å². The fourth-order valence-corrected chi connectivity index (χ4v) is 5.28. The van der Waals surface area contributed by atoms with Crippen LogP contribution in [0.3, 0.4) is 0 Å². The van der Waals surface area contributed by atoms with Crippen molar-refractivity contribution in [2.75, 3.05) is 0 Å². The van der Waals surface area contributed by atoms with Gasteiger partial charge >= 0.3 is 102 Å².